The molecular weight excluding hydrogens is 222 g/mol. The number of hydrogen-bond acceptors (Lipinski definition) is 2. The lowest BCUT2D eigenvalue weighted by molar-refractivity contribution is 0.277. The van der Waals surface area contributed by atoms with Gasteiger partial charge in [0.1, 0.15) is 0 Å². The van der Waals surface area contributed by atoms with E-state index in [4.69, 9.17) is 0 Å². The van der Waals surface area contributed by atoms with Gasteiger partial charge in [0.25, 0.3) is 0 Å². The van der Waals surface area contributed by atoms with Crippen molar-refractivity contribution in [1.29, 1.82) is 0 Å². The largest absolute Gasteiger partial charge is 0.310 e. The molecule has 0 radical (unpaired) electrons. The molecule has 0 atom stereocenters. The lowest BCUT2D eigenvalue weighted by Gasteiger charge is -2.28. The third kappa shape index (κ3) is 3.84. The van der Waals surface area contributed by atoms with Crippen molar-refractivity contribution in [2.75, 3.05) is 0 Å². The number of rotatable bonds is 6. The van der Waals surface area contributed by atoms with E-state index in [0.717, 1.165) is 25.0 Å². The van der Waals surface area contributed by atoms with E-state index in [1.54, 1.807) is 0 Å². The average molecular weight is 249 g/mol. The average Bonchev–Trinajstić information content (AvgIpc) is 2.86. The molecule has 1 saturated carbocycles. The van der Waals surface area contributed by atoms with Crippen LogP contribution in [-0.4, -0.2) is 15.8 Å². The Bertz CT molecular complexity index is 337. The maximum atomic E-state index is 4.31. The molecule has 1 heterocycles. The Labute approximate surface area is 111 Å². The molecule has 0 unspecified atom stereocenters. The molecular formula is C15H27N3. The minimum absolute atomic E-state index is 0.725. The predicted octanol–water partition coefficient (Wildman–Crippen LogP) is 3.35. The highest BCUT2D eigenvalue weighted by molar-refractivity contribution is 5.03. The first-order valence-corrected chi connectivity index (χ1v) is 7.56. The van der Waals surface area contributed by atoms with Crippen molar-refractivity contribution in [1.82, 2.24) is 15.1 Å². The third-order valence-corrected chi connectivity index (χ3v) is 4.15. The van der Waals surface area contributed by atoms with E-state index in [1.807, 2.05) is 10.9 Å². The Morgan fingerprint density at radius 2 is 2.06 bits per heavy atom. The molecule has 0 bridgehead atoms. The topological polar surface area (TPSA) is 29.9 Å². The van der Waals surface area contributed by atoms with Crippen LogP contribution in [0.1, 0.15) is 57.9 Å². The summed E-state index contributed by atoms with van der Waals surface area (Å²) < 4.78 is 2.00. The summed E-state index contributed by atoms with van der Waals surface area (Å²) in [6.07, 6.45) is 12.4. The van der Waals surface area contributed by atoms with Crippen molar-refractivity contribution in [3.05, 3.63) is 18.0 Å². The quantitative estimate of drug-likeness (QED) is 0.838. The molecule has 2 rings (SSSR count). The Morgan fingerprint density at radius 3 is 2.67 bits per heavy atom. The van der Waals surface area contributed by atoms with Gasteiger partial charge in [-0.1, -0.05) is 19.8 Å². The first-order valence-electron chi connectivity index (χ1n) is 7.56. The van der Waals surface area contributed by atoms with Gasteiger partial charge in [0.15, 0.2) is 0 Å². The predicted molar refractivity (Wildman–Crippen MR) is 75.4 cm³/mol. The van der Waals surface area contributed by atoms with E-state index in [0.29, 0.717) is 0 Å². The fraction of sp³-hybridized carbons (Fsp3) is 0.800. The van der Waals surface area contributed by atoms with Crippen molar-refractivity contribution in [3.8, 4) is 0 Å². The molecule has 0 spiro atoms. The summed E-state index contributed by atoms with van der Waals surface area (Å²) in [6, 6.07) is 0.725. The molecule has 1 aliphatic rings. The zero-order valence-corrected chi connectivity index (χ0v) is 11.9. The molecule has 1 aromatic rings. The van der Waals surface area contributed by atoms with Crippen LogP contribution in [0.4, 0.5) is 0 Å². The fourth-order valence-corrected chi connectivity index (χ4v) is 3.00. The molecule has 0 saturated heterocycles. The summed E-state index contributed by atoms with van der Waals surface area (Å²) in [6.45, 7) is 6.36. The first-order chi connectivity index (χ1) is 8.81. The van der Waals surface area contributed by atoms with Crippen LogP contribution in [0.2, 0.25) is 0 Å². The van der Waals surface area contributed by atoms with Crippen LogP contribution in [0, 0.1) is 5.92 Å². The van der Waals surface area contributed by atoms with Crippen LogP contribution in [0.15, 0.2) is 12.4 Å². The highest BCUT2D eigenvalue weighted by atomic mass is 15.3. The molecule has 0 amide bonds. The van der Waals surface area contributed by atoms with E-state index < -0.39 is 0 Å². The zero-order chi connectivity index (χ0) is 12.8. The first kappa shape index (κ1) is 13.6. The fourth-order valence-electron chi connectivity index (χ4n) is 3.00. The van der Waals surface area contributed by atoms with Crippen LogP contribution in [0.3, 0.4) is 0 Å². The molecule has 102 valence electrons. The lowest BCUT2D eigenvalue weighted by atomic mass is 9.83. The summed E-state index contributed by atoms with van der Waals surface area (Å²) in [4.78, 5) is 0. The molecule has 1 fully saturated rings. The minimum atomic E-state index is 0.725. The Hall–Kier alpha value is -0.830. The Balaban J connectivity index is 1.68. The van der Waals surface area contributed by atoms with Crippen LogP contribution in [0.25, 0.3) is 0 Å². The van der Waals surface area contributed by atoms with Crippen LogP contribution in [0.5, 0.6) is 0 Å². The molecule has 3 heteroatoms. The van der Waals surface area contributed by atoms with E-state index >= 15 is 0 Å². The van der Waals surface area contributed by atoms with Crippen molar-refractivity contribution >= 4 is 0 Å². The van der Waals surface area contributed by atoms with Crippen LogP contribution < -0.4 is 5.32 Å². The smallest absolute Gasteiger partial charge is 0.0534 e. The Kier molecular flexibility index (Phi) is 5.24. The van der Waals surface area contributed by atoms with Gasteiger partial charge < -0.3 is 5.32 Å². The standard InChI is InChI=1S/C15H27N3/c1-3-5-13-6-8-15(9-7-13)16-10-14-11-17-18(4-2)12-14/h11-13,15-16H,3-10H2,1-2H3. The molecule has 1 aromatic heterocycles. The van der Waals surface area contributed by atoms with Gasteiger partial charge in [-0.05, 0) is 38.5 Å². The van der Waals surface area contributed by atoms with Crippen LogP contribution in [-0.2, 0) is 13.1 Å². The number of aryl methyl sites for hydroxylation is 1. The van der Waals surface area contributed by atoms with Crippen molar-refractivity contribution in [2.45, 2.75) is 71.5 Å². The van der Waals surface area contributed by atoms with Gasteiger partial charge in [-0.25, -0.2) is 0 Å². The maximum absolute atomic E-state index is 4.31. The monoisotopic (exact) mass is 249 g/mol. The normalized spacial score (nSPS) is 24.3. The molecule has 3 nitrogen and oxygen atoms in total. The van der Waals surface area contributed by atoms with Gasteiger partial charge in [0, 0.05) is 30.9 Å². The van der Waals surface area contributed by atoms with E-state index in [1.165, 1.54) is 44.1 Å². The van der Waals surface area contributed by atoms with Crippen molar-refractivity contribution in [2.24, 2.45) is 5.92 Å². The zero-order valence-electron chi connectivity index (χ0n) is 11.9. The molecule has 0 aliphatic heterocycles. The number of nitrogens with zero attached hydrogens (tertiary/aromatic N) is 2. The SMILES string of the molecule is CCCC1CCC(NCc2cnn(CC)c2)CC1. The summed E-state index contributed by atoms with van der Waals surface area (Å²) >= 11 is 0. The second-order valence-corrected chi connectivity index (χ2v) is 5.59. The van der Waals surface area contributed by atoms with Gasteiger partial charge in [-0.3, -0.25) is 4.68 Å². The van der Waals surface area contributed by atoms with Gasteiger partial charge >= 0.3 is 0 Å². The summed E-state index contributed by atoms with van der Waals surface area (Å²) in [7, 11) is 0. The van der Waals surface area contributed by atoms with Gasteiger partial charge in [-0.15, -0.1) is 0 Å². The number of nitrogens with one attached hydrogen (secondary N) is 1. The van der Waals surface area contributed by atoms with Crippen molar-refractivity contribution < 1.29 is 0 Å². The molecule has 1 aliphatic carbocycles. The third-order valence-electron chi connectivity index (χ3n) is 4.15. The van der Waals surface area contributed by atoms with Gasteiger partial charge in [-0.2, -0.15) is 5.10 Å². The highest BCUT2D eigenvalue weighted by Crippen LogP contribution is 2.27. The summed E-state index contributed by atoms with van der Waals surface area (Å²) in [5.74, 6) is 0.996. The number of aromatic nitrogens is 2. The van der Waals surface area contributed by atoms with E-state index in [-0.39, 0.29) is 0 Å². The maximum Gasteiger partial charge on any atom is 0.0534 e. The van der Waals surface area contributed by atoms with Crippen LogP contribution >= 0.6 is 0 Å². The minimum Gasteiger partial charge on any atom is -0.310 e. The highest BCUT2D eigenvalue weighted by Gasteiger charge is 2.19. The Morgan fingerprint density at radius 1 is 1.28 bits per heavy atom. The second-order valence-electron chi connectivity index (χ2n) is 5.59. The van der Waals surface area contributed by atoms with Crippen molar-refractivity contribution in [3.63, 3.8) is 0 Å². The summed E-state index contributed by atoms with van der Waals surface area (Å²) in [5.41, 5.74) is 1.31. The van der Waals surface area contributed by atoms with Gasteiger partial charge in [0.2, 0.25) is 0 Å². The lowest BCUT2D eigenvalue weighted by Crippen LogP contribution is -2.32. The van der Waals surface area contributed by atoms with E-state index in [9.17, 15) is 0 Å². The second kappa shape index (κ2) is 6.93. The molecule has 0 aromatic carbocycles. The molecule has 1 N–H and O–H groups in total. The van der Waals surface area contributed by atoms with Gasteiger partial charge in [0.05, 0.1) is 6.20 Å². The number of hydrogen-bond donors (Lipinski definition) is 1. The molecule has 18 heavy (non-hydrogen) atoms. The summed E-state index contributed by atoms with van der Waals surface area (Å²) in [5, 5.41) is 8.00. The van der Waals surface area contributed by atoms with E-state index in [2.05, 4.69) is 30.5 Å².